The minimum Gasteiger partial charge on any atom is -0.438 e. The van der Waals surface area contributed by atoms with Crippen LogP contribution in [0, 0.1) is 11.6 Å². The lowest BCUT2D eigenvalue weighted by molar-refractivity contribution is 0.107. The average molecular weight is 525 g/mol. The van der Waals surface area contributed by atoms with Crippen molar-refractivity contribution in [2.45, 2.75) is 0 Å². The van der Waals surface area contributed by atoms with Gasteiger partial charge < -0.3 is 4.74 Å². The van der Waals surface area contributed by atoms with Crippen molar-refractivity contribution in [3.05, 3.63) is 99.0 Å². The molecule has 4 aromatic rings. The van der Waals surface area contributed by atoms with Gasteiger partial charge in [-0.1, -0.05) is 46.9 Å². The number of nitrogens with zero attached hydrogens (tertiary/aromatic N) is 1. The summed E-state index contributed by atoms with van der Waals surface area (Å²) in [5.74, 6) is -2.45. The molecule has 0 radical (unpaired) electrons. The number of ether oxygens (including phenoxy) is 1. The third kappa shape index (κ3) is 5.12. The van der Waals surface area contributed by atoms with Crippen LogP contribution < -0.4 is 4.74 Å². The van der Waals surface area contributed by atoms with Crippen LogP contribution in [0.5, 0.6) is 11.6 Å². The molecule has 0 aliphatic carbocycles. The predicted molar refractivity (Wildman–Crippen MR) is 127 cm³/mol. The Labute approximate surface area is 207 Å². The number of halogens is 6. The van der Waals surface area contributed by atoms with E-state index in [1.807, 2.05) is 0 Å². The summed E-state index contributed by atoms with van der Waals surface area (Å²) in [5, 5.41) is 0.380. The van der Waals surface area contributed by atoms with E-state index < -0.39 is 16.9 Å². The van der Waals surface area contributed by atoms with E-state index in [4.69, 9.17) is 51.1 Å². The van der Waals surface area contributed by atoms with E-state index in [0.717, 1.165) is 12.1 Å². The third-order valence-corrected chi connectivity index (χ3v) is 5.65. The van der Waals surface area contributed by atoms with Gasteiger partial charge in [-0.25, -0.2) is 13.8 Å². The molecule has 0 N–H and O–H groups in total. The van der Waals surface area contributed by atoms with Gasteiger partial charge in [0, 0.05) is 27.2 Å². The van der Waals surface area contributed by atoms with Crippen LogP contribution in [0.3, 0.4) is 0 Å². The zero-order chi connectivity index (χ0) is 23.7. The molecule has 0 saturated heterocycles. The van der Waals surface area contributed by atoms with Gasteiger partial charge in [0.15, 0.2) is 11.6 Å². The Kier molecular flexibility index (Phi) is 6.86. The normalized spacial score (nSPS) is 10.8. The first kappa shape index (κ1) is 23.5. The van der Waals surface area contributed by atoms with E-state index >= 15 is 0 Å². The van der Waals surface area contributed by atoms with Gasteiger partial charge in [-0.3, -0.25) is 4.79 Å². The first-order valence-corrected chi connectivity index (χ1v) is 10.8. The number of hydrogen-bond donors (Lipinski definition) is 0. The third-order valence-electron chi connectivity index (χ3n) is 4.65. The van der Waals surface area contributed by atoms with E-state index in [0.29, 0.717) is 37.5 Å². The van der Waals surface area contributed by atoms with E-state index in [9.17, 15) is 13.6 Å². The van der Waals surface area contributed by atoms with Gasteiger partial charge in [0.05, 0.1) is 16.3 Å². The van der Waals surface area contributed by atoms with Crippen molar-refractivity contribution >= 4 is 51.6 Å². The van der Waals surface area contributed by atoms with Crippen molar-refractivity contribution in [3.63, 3.8) is 0 Å². The molecular formula is C24H11Cl4F2NO2. The monoisotopic (exact) mass is 523 g/mol. The van der Waals surface area contributed by atoms with Crippen LogP contribution in [-0.2, 0) is 0 Å². The molecule has 3 nitrogen and oxygen atoms in total. The second kappa shape index (κ2) is 9.65. The summed E-state index contributed by atoms with van der Waals surface area (Å²) in [4.78, 5) is 16.7. The number of hydrogen-bond acceptors (Lipinski definition) is 3. The number of pyridine rings is 1. The van der Waals surface area contributed by atoms with Gasteiger partial charge in [0.1, 0.15) is 5.75 Å². The molecule has 0 bridgehead atoms. The maximum absolute atomic E-state index is 13.7. The smallest absolute Gasteiger partial charge is 0.257 e. The Morgan fingerprint density at radius 3 is 2.12 bits per heavy atom. The lowest BCUT2D eigenvalue weighted by Gasteiger charge is -2.16. The zero-order valence-corrected chi connectivity index (χ0v) is 19.4. The molecule has 4 rings (SSSR count). The Balaban J connectivity index is 1.96. The average Bonchev–Trinajstić information content (AvgIpc) is 2.77. The molecule has 166 valence electrons. The number of aromatic nitrogens is 1. The fraction of sp³-hybridized carbons (Fsp3) is 0. The van der Waals surface area contributed by atoms with Crippen molar-refractivity contribution in [2.24, 2.45) is 0 Å². The second-order valence-electron chi connectivity index (χ2n) is 6.82. The van der Waals surface area contributed by atoms with Crippen molar-refractivity contribution in [1.82, 2.24) is 4.98 Å². The summed E-state index contributed by atoms with van der Waals surface area (Å²) in [6.07, 6.45) is 0. The van der Waals surface area contributed by atoms with Gasteiger partial charge in [0.25, 0.3) is 5.24 Å². The molecule has 3 aromatic carbocycles. The lowest BCUT2D eigenvalue weighted by atomic mass is 9.97. The molecule has 0 atom stereocenters. The fourth-order valence-electron chi connectivity index (χ4n) is 3.10. The molecule has 0 aliphatic heterocycles. The standard InChI is InChI=1S/C24H11Cl4F2NO2/c25-13-3-1-12(2-4-13)17-11-18(23(28)32)24(33-15-6-8-20(29)21(30)10-15)31-22(17)16-7-5-14(26)9-19(16)27/h1-11H. The van der Waals surface area contributed by atoms with E-state index in [-0.39, 0.29) is 17.2 Å². The molecule has 1 heterocycles. The number of carbonyl (C=O) groups is 1. The van der Waals surface area contributed by atoms with Crippen molar-refractivity contribution in [1.29, 1.82) is 0 Å². The van der Waals surface area contributed by atoms with Crippen LogP contribution in [0.4, 0.5) is 8.78 Å². The highest BCUT2D eigenvalue weighted by Gasteiger charge is 2.22. The largest absolute Gasteiger partial charge is 0.438 e. The Morgan fingerprint density at radius 2 is 1.48 bits per heavy atom. The molecule has 0 fully saturated rings. The van der Waals surface area contributed by atoms with Crippen LogP contribution in [0.2, 0.25) is 15.1 Å². The van der Waals surface area contributed by atoms with Crippen molar-refractivity contribution in [2.75, 3.05) is 0 Å². The quantitative estimate of drug-likeness (QED) is 0.245. The van der Waals surface area contributed by atoms with Gasteiger partial charge in [-0.05, 0) is 65.7 Å². The number of benzene rings is 3. The second-order valence-corrected chi connectivity index (χ2v) is 8.44. The molecule has 33 heavy (non-hydrogen) atoms. The number of rotatable bonds is 5. The Morgan fingerprint density at radius 1 is 0.788 bits per heavy atom. The zero-order valence-electron chi connectivity index (χ0n) is 16.4. The summed E-state index contributed by atoms with van der Waals surface area (Å²) < 4.78 is 32.6. The first-order chi connectivity index (χ1) is 15.7. The molecule has 0 amide bonds. The minimum atomic E-state index is -1.12. The molecule has 0 unspecified atom stereocenters. The molecule has 0 spiro atoms. The number of carbonyl (C=O) groups excluding carboxylic acids is 1. The SMILES string of the molecule is O=C(Cl)c1cc(-c2ccc(Cl)cc2)c(-c2ccc(Cl)cc2Cl)nc1Oc1ccc(F)c(F)c1. The van der Waals surface area contributed by atoms with Crippen LogP contribution in [0.15, 0.2) is 66.7 Å². The van der Waals surface area contributed by atoms with E-state index in [1.165, 1.54) is 12.1 Å². The van der Waals surface area contributed by atoms with Gasteiger partial charge in [-0.2, -0.15) is 0 Å². The van der Waals surface area contributed by atoms with Crippen LogP contribution in [0.1, 0.15) is 10.4 Å². The highest BCUT2D eigenvalue weighted by Crippen LogP contribution is 2.40. The Bertz CT molecular complexity index is 1380. The fourth-order valence-corrected chi connectivity index (χ4v) is 3.86. The molecule has 9 heteroatoms. The predicted octanol–water partition coefficient (Wildman–Crippen LogP) is 8.83. The highest BCUT2D eigenvalue weighted by molar-refractivity contribution is 6.68. The van der Waals surface area contributed by atoms with Crippen LogP contribution in [0.25, 0.3) is 22.4 Å². The van der Waals surface area contributed by atoms with Crippen molar-refractivity contribution in [3.8, 4) is 34.0 Å². The van der Waals surface area contributed by atoms with E-state index in [2.05, 4.69) is 4.98 Å². The van der Waals surface area contributed by atoms with Crippen LogP contribution >= 0.6 is 46.4 Å². The maximum atomic E-state index is 13.7. The van der Waals surface area contributed by atoms with Gasteiger partial charge in [-0.15, -0.1) is 0 Å². The Hall–Kier alpha value is -2.70. The van der Waals surface area contributed by atoms with Crippen molar-refractivity contribution < 1.29 is 18.3 Å². The molecule has 1 aromatic heterocycles. The lowest BCUT2D eigenvalue weighted by Crippen LogP contribution is -2.02. The summed E-state index contributed by atoms with van der Waals surface area (Å²) in [7, 11) is 0. The maximum Gasteiger partial charge on any atom is 0.257 e. The minimum absolute atomic E-state index is 0.0760. The van der Waals surface area contributed by atoms with E-state index in [1.54, 1.807) is 42.5 Å². The highest BCUT2D eigenvalue weighted by atomic mass is 35.5. The first-order valence-electron chi connectivity index (χ1n) is 9.32. The molecule has 0 aliphatic rings. The summed E-state index contributed by atoms with van der Waals surface area (Å²) in [6.45, 7) is 0. The van der Waals surface area contributed by atoms with Gasteiger partial charge >= 0.3 is 0 Å². The summed E-state index contributed by atoms with van der Waals surface area (Å²) in [6, 6.07) is 16.1. The topological polar surface area (TPSA) is 39.2 Å². The summed E-state index contributed by atoms with van der Waals surface area (Å²) in [5.41, 5.74) is 1.94. The van der Waals surface area contributed by atoms with Crippen LogP contribution in [-0.4, -0.2) is 10.2 Å². The van der Waals surface area contributed by atoms with Gasteiger partial charge in [0.2, 0.25) is 5.88 Å². The molecule has 0 saturated carbocycles. The summed E-state index contributed by atoms with van der Waals surface area (Å²) >= 11 is 24.3. The molecular weight excluding hydrogens is 514 g/mol.